The zero-order valence-electron chi connectivity index (χ0n) is 11.8. The van der Waals surface area contributed by atoms with Crippen LogP contribution in [0.5, 0.6) is 0 Å². The van der Waals surface area contributed by atoms with Crippen molar-refractivity contribution in [3.63, 3.8) is 0 Å². The number of benzene rings is 2. The maximum absolute atomic E-state index is 3.40. The molecule has 3 heteroatoms. The van der Waals surface area contributed by atoms with Gasteiger partial charge in [0.2, 0.25) is 0 Å². The van der Waals surface area contributed by atoms with Crippen LogP contribution >= 0.6 is 11.8 Å². The van der Waals surface area contributed by atoms with Gasteiger partial charge >= 0.3 is 0 Å². The van der Waals surface area contributed by atoms with Crippen molar-refractivity contribution in [1.82, 2.24) is 5.32 Å². The van der Waals surface area contributed by atoms with Gasteiger partial charge in [0.25, 0.3) is 0 Å². The Hall–Kier alpha value is -1.45. The van der Waals surface area contributed by atoms with E-state index in [9.17, 15) is 0 Å². The third-order valence-electron chi connectivity index (χ3n) is 3.73. The molecule has 0 saturated carbocycles. The molecule has 2 aromatic carbocycles. The molecule has 0 aromatic heterocycles. The Bertz CT molecular complexity index is 577. The standard InChI is InChI=1S/C17H20N2S/c1-20-17-7-3-5-15(13-17)14-4-2-6-16(12-14)19-10-8-18-9-11-19/h2-7,12-13,18H,8-11H2,1H3. The first-order valence-electron chi connectivity index (χ1n) is 7.07. The van der Waals surface area contributed by atoms with E-state index >= 15 is 0 Å². The van der Waals surface area contributed by atoms with E-state index in [-0.39, 0.29) is 0 Å². The van der Waals surface area contributed by atoms with Gasteiger partial charge in [-0.1, -0.05) is 24.3 Å². The lowest BCUT2D eigenvalue weighted by Crippen LogP contribution is -2.43. The minimum Gasteiger partial charge on any atom is -0.369 e. The lowest BCUT2D eigenvalue weighted by Gasteiger charge is -2.29. The molecule has 0 radical (unpaired) electrons. The average molecular weight is 284 g/mol. The van der Waals surface area contributed by atoms with Gasteiger partial charge in [-0.05, 0) is 41.6 Å². The number of nitrogens with zero attached hydrogens (tertiary/aromatic N) is 1. The van der Waals surface area contributed by atoms with Gasteiger partial charge in [-0.25, -0.2) is 0 Å². The minimum atomic E-state index is 1.08. The van der Waals surface area contributed by atoms with Crippen LogP contribution in [0, 0.1) is 0 Å². The van der Waals surface area contributed by atoms with E-state index in [0.717, 1.165) is 26.2 Å². The molecule has 0 spiro atoms. The normalized spacial score (nSPS) is 15.3. The number of anilines is 1. The molecule has 20 heavy (non-hydrogen) atoms. The molecule has 0 unspecified atom stereocenters. The molecule has 0 amide bonds. The van der Waals surface area contributed by atoms with Crippen molar-refractivity contribution in [1.29, 1.82) is 0 Å². The van der Waals surface area contributed by atoms with Gasteiger partial charge in [0.1, 0.15) is 0 Å². The molecule has 1 heterocycles. The smallest absolute Gasteiger partial charge is 0.0373 e. The SMILES string of the molecule is CSc1cccc(-c2cccc(N3CCNCC3)c2)c1. The zero-order chi connectivity index (χ0) is 13.8. The highest BCUT2D eigenvalue weighted by atomic mass is 32.2. The summed E-state index contributed by atoms with van der Waals surface area (Å²) < 4.78 is 0. The molecule has 1 N–H and O–H groups in total. The fourth-order valence-corrected chi connectivity index (χ4v) is 3.07. The molecule has 0 bridgehead atoms. The summed E-state index contributed by atoms with van der Waals surface area (Å²) in [5, 5.41) is 3.40. The topological polar surface area (TPSA) is 15.3 Å². The lowest BCUT2D eigenvalue weighted by atomic mass is 10.0. The Labute approximate surface area is 125 Å². The van der Waals surface area contributed by atoms with E-state index in [1.807, 2.05) is 0 Å². The molecule has 0 aliphatic carbocycles. The second-order valence-electron chi connectivity index (χ2n) is 5.02. The number of hydrogen-bond donors (Lipinski definition) is 1. The average Bonchev–Trinajstić information content (AvgIpc) is 2.56. The predicted octanol–water partition coefficient (Wildman–Crippen LogP) is 3.49. The van der Waals surface area contributed by atoms with Crippen LogP contribution in [-0.4, -0.2) is 32.4 Å². The third kappa shape index (κ3) is 3.00. The van der Waals surface area contributed by atoms with Crippen molar-refractivity contribution >= 4 is 17.4 Å². The Morgan fingerprint density at radius 2 is 1.65 bits per heavy atom. The summed E-state index contributed by atoms with van der Waals surface area (Å²) in [5.74, 6) is 0. The summed E-state index contributed by atoms with van der Waals surface area (Å²) in [4.78, 5) is 3.77. The second kappa shape index (κ2) is 6.33. The molecule has 1 saturated heterocycles. The predicted molar refractivity (Wildman–Crippen MR) is 88.7 cm³/mol. The molecule has 1 fully saturated rings. The van der Waals surface area contributed by atoms with Gasteiger partial charge in [-0.2, -0.15) is 0 Å². The van der Waals surface area contributed by atoms with Crippen molar-refractivity contribution < 1.29 is 0 Å². The Kier molecular flexibility index (Phi) is 4.28. The molecule has 104 valence electrons. The molecule has 2 aromatic rings. The van der Waals surface area contributed by atoms with E-state index in [1.165, 1.54) is 21.7 Å². The number of thioether (sulfide) groups is 1. The molecular weight excluding hydrogens is 264 g/mol. The number of rotatable bonds is 3. The molecule has 0 atom stereocenters. The van der Waals surface area contributed by atoms with Crippen molar-refractivity contribution in [2.75, 3.05) is 37.3 Å². The number of nitrogens with one attached hydrogen (secondary N) is 1. The van der Waals surface area contributed by atoms with Gasteiger partial charge in [0.05, 0.1) is 0 Å². The molecular formula is C17H20N2S. The summed E-state index contributed by atoms with van der Waals surface area (Å²) in [5.41, 5.74) is 3.93. The monoisotopic (exact) mass is 284 g/mol. The summed E-state index contributed by atoms with van der Waals surface area (Å²) >= 11 is 1.79. The summed E-state index contributed by atoms with van der Waals surface area (Å²) in [6, 6.07) is 17.6. The maximum Gasteiger partial charge on any atom is 0.0373 e. The first-order chi connectivity index (χ1) is 9.86. The van der Waals surface area contributed by atoms with E-state index < -0.39 is 0 Å². The number of piperazine rings is 1. The molecule has 1 aliphatic rings. The maximum atomic E-state index is 3.40. The van der Waals surface area contributed by atoms with Crippen LogP contribution in [0.2, 0.25) is 0 Å². The van der Waals surface area contributed by atoms with Crippen LogP contribution < -0.4 is 10.2 Å². The van der Waals surface area contributed by atoms with E-state index in [1.54, 1.807) is 11.8 Å². The fraction of sp³-hybridized carbons (Fsp3) is 0.294. The Balaban J connectivity index is 1.89. The largest absolute Gasteiger partial charge is 0.369 e. The van der Waals surface area contributed by atoms with Crippen LogP contribution in [0.1, 0.15) is 0 Å². The van der Waals surface area contributed by atoms with Crippen molar-refractivity contribution in [3.05, 3.63) is 48.5 Å². The van der Waals surface area contributed by atoms with Gasteiger partial charge in [0.15, 0.2) is 0 Å². The molecule has 1 aliphatic heterocycles. The van der Waals surface area contributed by atoms with E-state index in [0.29, 0.717) is 0 Å². The first kappa shape index (κ1) is 13.5. The van der Waals surface area contributed by atoms with Crippen LogP contribution in [0.15, 0.2) is 53.4 Å². The Morgan fingerprint density at radius 1 is 0.950 bits per heavy atom. The highest BCUT2D eigenvalue weighted by molar-refractivity contribution is 7.98. The minimum absolute atomic E-state index is 1.08. The van der Waals surface area contributed by atoms with Crippen molar-refractivity contribution in [2.24, 2.45) is 0 Å². The Morgan fingerprint density at radius 3 is 2.40 bits per heavy atom. The zero-order valence-corrected chi connectivity index (χ0v) is 12.6. The number of hydrogen-bond acceptors (Lipinski definition) is 3. The van der Waals surface area contributed by atoms with Crippen LogP contribution in [0.25, 0.3) is 11.1 Å². The van der Waals surface area contributed by atoms with Gasteiger partial charge in [0, 0.05) is 36.8 Å². The third-order valence-corrected chi connectivity index (χ3v) is 4.46. The van der Waals surface area contributed by atoms with Crippen LogP contribution in [-0.2, 0) is 0 Å². The highest BCUT2D eigenvalue weighted by Gasteiger charge is 2.10. The van der Waals surface area contributed by atoms with Gasteiger partial charge in [-0.15, -0.1) is 11.8 Å². The highest BCUT2D eigenvalue weighted by Crippen LogP contribution is 2.27. The van der Waals surface area contributed by atoms with Gasteiger partial charge in [-0.3, -0.25) is 0 Å². The quantitative estimate of drug-likeness (QED) is 0.869. The van der Waals surface area contributed by atoms with Crippen molar-refractivity contribution in [2.45, 2.75) is 4.90 Å². The van der Waals surface area contributed by atoms with Gasteiger partial charge < -0.3 is 10.2 Å². The van der Waals surface area contributed by atoms with Crippen molar-refractivity contribution in [3.8, 4) is 11.1 Å². The summed E-state index contributed by atoms with van der Waals surface area (Å²) in [6.45, 7) is 4.33. The summed E-state index contributed by atoms with van der Waals surface area (Å²) in [6.07, 6.45) is 2.12. The van der Waals surface area contributed by atoms with E-state index in [4.69, 9.17) is 0 Å². The fourth-order valence-electron chi connectivity index (χ4n) is 2.61. The molecule has 3 rings (SSSR count). The summed E-state index contributed by atoms with van der Waals surface area (Å²) in [7, 11) is 0. The second-order valence-corrected chi connectivity index (χ2v) is 5.90. The van der Waals surface area contributed by atoms with Crippen LogP contribution in [0.3, 0.4) is 0 Å². The van der Waals surface area contributed by atoms with E-state index in [2.05, 4.69) is 65.0 Å². The first-order valence-corrected chi connectivity index (χ1v) is 8.29. The van der Waals surface area contributed by atoms with Crippen LogP contribution in [0.4, 0.5) is 5.69 Å². The molecule has 2 nitrogen and oxygen atoms in total. The lowest BCUT2D eigenvalue weighted by molar-refractivity contribution is 0.589.